The number of pyridine rings is 1. The highest BCUT2D eigenvalue weighted by atomic mass is 16.2. The van der Waals surface area contributed by atoms with Gasteiger partial charge >= 0.3 is 0 Å². The van der Waals surface area contributed by atoms with Crippen LogP contribution in [0.3, 0.4) is 0 Å². The number of rotatable bonds is 7. The van der Waals surface area contributed by atoms with Crippen LogP contribution in [0.15, 0.2) is 48.8 Å². The van der Waals surface area contributed by atoms with Crippen molar-refractivity contribution in [2.45, 2.75) is 32.9 Å². The SMILES string of the molecule is CC(C)C[C@H](N)C(=O)NCc1ccc(C(=O)Nc2ccncc2)cc1. The first-order valence-corrected chi connectivity index (χ1v) is 8.29. The number of carbonyl (C=O) groups is 2. The minimum absolute atomic E-state index is 0.159. The lowest BCUT2D eigenvalue weighted by molar-refractivity contribution is -0.122. The molecule has 0 saturated carbocycles. The molecule has 0 aliphatic carbocycles. The van der Waals surface area contributed by atoms with E-state index in [1.807, 2.05) is 26.0 Å². The fourth-order valence-corrected chi connectivity index (χ4v) is 2.35. The number of amides is 2. The second kappa shape index (κ2) is 8.94. The molecule has 2 rings (SSSR count). The van der Waals surface area contributed by atoms with Crippen molar-refractivity contribution in [2.75, 3.05) is 5.32 Å². The van der Waals surface area contributed by atoms with Crippen molar-refractivity contribution in [2.24, 2.45) is 11.7 Å². The molecule has 6 heteroatoms. The highest BCUT2D eigenvalue weighted by molar-refractivity contribution is 6.04. The number of nitrogens with zero attached hydrogens (tertiary/aromatic N) is 1. The molecule has 0 unspecified atom stereocenters. The van der Waals surface area contributed by atoms with Gasteiger partial charge < -0.3 is 16.4 Å². The Bertz CT molecular complexity index is 699. The van der Waals surface area contributed by atoms with Crippen molar-refractivity contribution in [3.05, 3.63) is 59.9 Å². The minimum atomic E-state index is -0.495. The summed E-state index contributed by atoms with van der Waals surface area (Å²) < 4.78 is 0. The van der Waals surface area contributed by atoms with Crippen LogP contribution in [-0.4, -0.2) is 22.8 Å². The molecule has 1 aromatic heterocycles. The molecule has 0 bridgehead atoms. The van der Waals surface area contributed by atoms with E-state index in [9.17, 15) is 9.59 Å². The van der Waals surface area contributed by atoms with E-state index in [1.54, 1.807) is 36.7 Å². The molecule has 1 heterocycles. The van der Waals surface area contributed by atoms with Crippen molar-refractivity contribution >= 4 is 17.5 Å². The van der Waals surface area contributed by atoms with Crippen LogP contribution in [0.5, 0.6) is 0 Å². The Hall–Kier alpha value is -2.73. The van der Waals surface area contributed by atoms with E-state index in [0.29, 0.717) is 30.1 Å². The molecule has 25 heavy (non-hydrogen) atoms. The van der Waals surface area contributed by atoms with Gasteiger partial charge in [-0.1, -0.05) is 26.0 Å². The molecular formula is C19H24N4O2. The van der Waals surface area contributed by atoms with Crippen LogP contribution in [0.2, 0.25) is 0 Å². The summed E-state index contributed by atoms with van der Waals surface area (Å²) in [4.78, 5) is 28.0. The van der Waals surface area contributed by atoms with E-state index in [0.717, 1.165) is 5.56 Å². The number of aromatic nitrogens is 1. The lowest BCUT2D eigenvalue weighted by Gasteiger charge is -2.14. The number of nitrogens with two attached hydrogens (primary N) is 1. The molecule has 1 aromatic carbocycles. The van der Waals surface area contributed by atoms with Crippen molar-refractivity contribution in [1.29, 1.82) is 0 Å². The maximum atomic E-state index is 12.2. The second-order valence-electron chi connectivity index (χ2n) is 6.34. The smallest absolute Gasteiger partial charge is 0.255 e. The summed E-state index contributed by atoms with van der Waals surface area (Å²) in [5, 5.41) is 5.62. The van der Waals surface area contributed by atoms with Gasteiger partial charge in [0.15, 0.2) is 0 Å². The number of carbonyl (C=O) groups excluding carboxylic acids is 2. The summed E-state index contributed by atoms with van der Waals surface area (Å²) in [7, 11) is 0. The maximum absolute atomic E-state index is 12.2. The predicted octanol–water partition coefficient (Wildman–Crippen LogP) is 2.32. The normalized spacial score (nSPS) is 11.8. The topological polar surface area (TPSA) is 97.1 Å². The largest absolute Gasteiger partial charge is 0.351 e. The summed E-state index contributed by atoms with van der Waals surface area (Å²) in [5.74, 6) is 0.0212. The van der Waals surface area contributed by atoms with Gasteiger partial charge in [0.2, 0.25) is 5.91 Å². The zero-order chi connectivity index (χ0) is 18.2. The van der Waals surface area contributed by atoms with E-state index < -0.39 is 6.04 Å². The third-order valence-corrected chi connectivity index (χ3v) is 3.68. The minimum Gasteiger partial charge on any atom is -0.351 e. The van der Waals surface area contributed by atoms with Gasteiger partial charge in [0, 0.05) is 30.2 Å². The van der Waals surface area contributed by atoms with Gasteiger partial charge in [-0.3, -0.25) is 14.6 Å². The van der Waals surface area contributed by atoms with Crippen LogP contribution < -0.4 is 16.4 Å². The molecule has 0 aliphatic rings. The quantitative estimate of drug-likeness (QED) is 0.720. The zero-order valence-corrected chi connectivity index (χ0v) is 14.5. The first-order chi connectivity index (χ1) is 12.0. The number of anilines is 1. The van der Waals surface area contributed by atoms with Crippen molar-refractivity contribution in [3.63, 3.8) is 0 Å². The van der Waals surface area contributed by atoms with E-state index in [2.05, 4.69) is 15.6 Å². The number of hydrogen-bond acceptors (Lipinski definition) is 4. The van der Waals surface area contributed by atoms with Crippen LogP contribution in [0.25, 0.3) is 0 Å². The molecular weight excluding hydrogens is 316 g/mol. The molecule has 1 atom stereocenters. The molecule has 0 saturated heterocycles. The van der Waals surface area contributed by atoms with E-state index >= 15 is 0 Å². The number of benzene rings is 1. The average molecular weight is 340 g/mol. The van der Waals surface area contributed by atoms with Gasteiger partial charge in [-0.2, -0.15) is 0 Å². The molecule has 132 valence electrons. The summed E-state index contributed by atoms with van der Waals surface area (Å²) in [5.41, 5.74) is 7.99. The number of nitrogens with one attached hydrogen (secondary N) is 2. The van der Waals surface area contributed by atoms with Crippen LogP contribution in [0.4, 0.5) is 5.69 Å². The van der Waals surface area contributed by atoms with Crippen LogP contribution in [-0.2, 0) is 11.3 Å². The molecule has 6 nitrogen and oxygen atoms in total. The van der Waals surface area contributed by atoms with Gasteiger partial charge in [-0.05, 0) is 42.2 Å². The Labute approximate surface area is 147 Å². The molecule has 2 amide bonds. The molecule has 2 aromatic rings. The third kappa shape index (κ3) is 6.00. The molecule has 0 radical (unpaired) electrons. The zero-order valence-electron chi connectivity index (χ0n) is 14.5. The van der Waals surface area contributed by atoms with E-state index in [1.165, 1.54) is 0 Å². The van der Waals surface area contributed by atoms with Crippen molar-refractivity contribution in [1.82, 2.24) is 10.3 Å². The van der Waals surface area contributed by atoms with Gasteiger partial charge in [-0.15, -0.1) is 0 Å². The van der Waals surface area contributed by atoms with Crippen molar-refractivity contribution in [3.8, 4) is 0 Å². The highest BCUT2D eigenvalue weighted by Gasteiger charge is 2.14. The lowest BCUT2D eigenvalue weighted by atomic mass is 10.0. The van der Waals surface area contributed by atoms with Gasteiger partial charge in [-0.25, -0.2) is 0 Å². The first kappa shape index (κ1) is 18.6. The second-order valence-corrected chi connectivity index (χ2v) is 6.34. The Morgan fingerprint density at radius 3 is 2.32 bits per heavy atom. The standard InChI is InChI=1S/C19H24N4O2/c1-13(2)11-17(20)19(25)22-12-14-3-5-15(6-4-14)18(24)23-16-7-9-21-10-8-16/h3-10,13,17H,11-12,20H2,1-2H3,(H,22,25)(H,21,23,24)/t17-/m0/s1. The number of hydrogen-bond donors (Lipinski definition) is 3. The van der Waals surface area contributed by atoms with Crippen LogP contribution in [0, 0.1) is 5.92 Å². The first-order valence-electron chi connectivity index (χ1n) is 8.29. The maximum Gasteiger partial charge on any atom is 0.255 e. The summed E-state index contributed by atoms with van der Waals surface area (Å²) in [6.45, 7) is 4.45. The van der Waals surface area contributed by atoms with Gasteiger partial charge in [0.05, 0.1) is 6.04 Å². The molecule has 0 fully saturated rings. The Morgan fingerprint density at radius 1 is 1.08 bits per heavy atom. The van der Waals surface area contributed by atoms with Crippen LogP contribution >= 0.6 is 0 Å². The Kier molecular flexibility index (Phi) is 6.65. The lowest BCUT2D eigenvalue weighted by Crippen LogP contribution is -2.41. The van der Waals surface area contributed by atoms with Gasteiger partial charge in [0.25, 0.3) is 5.91 Å². The summed E-state index contributed by atoms with van der Waals surface area (Å²) >= 11 is 0. The van der Waals surface area contributed by atoms with E-state index in [-0.39, 0.29) is 11.8 Å². The van der Waals surface area contributed by atoms with Crippen molar-refractivity contribution < 1.29 is 9.59 Å². The third-order valence-electron chi connectivity index (χ3n) is 3.68. The Morgan fingerprint density at radius 2 is 1.72 bits per heavy atom. The molecule has 0 aliphatic heterocycles. The average Bonchev–Trinajstić information content (AvgIpc) is 2.60. The Balaban J connectivity index is 1.87. The van der Waals surface area contributed by atoms with E-state index in [4.69, 9.17) is 5.73 Å². The summed E-state index contributed by atoms with van der Waals surface area (Å²) in [6.07, 6.45) is 3.89. The fourth-order valence-electron chi connectivity index (χ4n) is 2.35. The predicted molar refractivity (Wildman–Crippen MR) is 97.9 cm³/mol. The van der Waals surface area contributed by atoms with Crippen LogP contribution in [0.1, 0.15) is 36.2 Å². The highest BCUT2D eigenvalue weighted by Crippen LogP contribution is 2.09. The monoisotopic (exact) mass is 340 g/mol. The van der Waals surface area contributed by atoms with Gasteiger partial charge in [0.1, 0.15) is 0 Å². The molecule has 0 spiro atoms. The fraction of sp³-hybridized carbons (Fsp3) is 0.316. The summed E-state index contributed by atoms with van der Waals surface area (Å²) in [6, 6.07) is 10.0. The molecule has 4 N–H and O–H groups in total.